The summed E-state index contributed by atoms with van der Waals surface area (Å²) in [6.07, 6.45) is 4.64. The van der Waals surface area contributed by atoms with Crippen LogP contribution in [0.4, 0.5) is 13.2 Å². The number of hydrogen-bond acceptors (Lipinski definition) is 2. The maximum Gasteiger partial charge on any atom is 0.511 e. The van der Waals surface area contributed by atoms with Crippen molar-refractivity contribution in [2.24, 2.45) is 5.92 Å². The molecule has 1 N–H and O–H groups in total. The third-order valence-electron chi connectivity index (χ3n) is 2.59. The Labute approximate surface area is 87.1 Å². The molecule has 0 radical (unpaired) electrons. The van der Waals surface area contributed by atoms with E-state index in [1.165, 1.54) is 0 Å². The second-order valence-electron chi connectivity index (χ2n) is 3.80. The van der Waals surface area contributed by atoms with Crippen molar-refractivity contribution < 1.29 is 21.6 Å². The van der Waals surface area contributed by atoms with E-state index in [4.69, 9.17) is 0 Å². The van der Waals surface area contributed by atoms with E-state index in [1.54, 1.807) is 4.72 Å². The Hall–Kier alpha value is -0.300. The molecule has 3 nitrogen and oxygen atoms in total. The fraction of sp³-hybridized carbons (Fsp3) is 1.00. The predicted molar refractivity (Wildman–Crippen MR) is 49.6 cm³/mol. The number of nitrogens with one attached hydrogen (secondary N) is 1. The molecule has 90 valence electrons. The summed E-state index contributed by atoms with van der Waals surface area (Å²) < 4.78 is 58.7. The number of sulfonamides is 1. The molecule has 1 aliphatic rings. The number of halogens is 3. The topological polar surface area (TPSA) is 46.2 Å². The SMILES string of the molecule is O=S(=O)(NCC1CCCCC1)C(F)(F)F. The van der Waals surface area contributed by atoms with E-state index in [2.05, 4.69) is 0 Å². The van der Waals surface area contributed by atoms with Gasteiger partial charge in [-0.1, -0.05) is 19.3 Å². The molecule has 0 unspecified atom stereocenters. The Morgan fingerprint density at radius 2 is 1.67 bits per heavy atom. The van der Waals surface area contributed by atoms with Crippen molar-refractivity contribution in [1.29, 1.82) is 0 Å². The molecule has 0 aliphatic heterocycles. The number of hydrogen-bond donors (Lipinski definition) is 1. The molecule has 1 aliphatic carbocycles. The van der Waals surface area contributed by atoms with Crippen LogP contribution in [0.5, 0.6) is 0 Å². The zero-order valence-electron chi connectivity index (χ0n) is 8.18. The van der Waals surface area contributed by atoms with Gasteiger partial charge in [0.05, 0.1) is 0 Å². The van der Waals surface area contributed by atoms with Gasteiger partial charge in [0.25, 0.3) is 0 Å². The molecule has 0 aromatic carbocycles. The Balaban J connectivity index is 2.42. The van der Waals surface area contributed by atoms with Gasteiger partial charge in [0.15, 0.2) is 0 Å². The first kappa shape index (κ1) is 12.8. The minimum absolute atomic E-state index is 0.0517. The van der Waals surface area contributed by atoms with Crippen molar-refractivity contribution in [3.8, 4) is 0 Å². The normalized spacial score (nSPS) is 20.5. The van der Waals surface area contributed by atoms with Crippen molar-refractivity contribution in [3.05, 3.63) is 0 Å². The highest BCUT2D eigenvalue weighted by Crippen LogP contribution is 2.25. The van der Waals surface area contributed by atoms with Crippen LogP contribution in [-0.4, -0.2) is 20.5 Å². The molecule has 1 fully saturated rings. The Kier molecular flexibility index (Phi) is 3.99. The summed E-state index contributed by atoms with van der Waals surface area (Å²) in [5.41, 5.74) is -5.19. The molecule has 0 heterocycles. The number of alkyl halides is 3. The first-order valence-corrected chi connectivity index (χ1v) is 6.37. The van der Waals surface area contributed by atoms with Crippen LogP contribution in [0.3, 0.4) is 0 Å². The highest BCUT2D eigenvalue weighted by Gasteiger charge is 2.45. The molecule has 0 aromatic rings. The average Bonchev–Trinajstić information content (AvgIpc) is 2.15. The molecule has 15 heavy (non-hydrogen) atoms. The van der Waals surface area contributed by atoms with Crippen LogP contribution in [0, 0.1) is 5.92 Å². The van der Waals surface area contributed by atoms with Crippen LogP contribution in [-0.2, 0) is 10.0 Å². The molecular formula is C8H14F3NO2S. The third-order valence-corrected chi connectivity index (χ3v) is 3.75. The van der Waals surface area contributed by atoms with Crippen molar-refractivity contribution in [2.45, 2.75) is 37.6 Å². The first-order valence-electron chi connectivity index (χ1n) is 4.89. The fourth-order valence-corrected chi connectivity index (χ4v) is 2.32. The Bertz CT molecular complexity index is 293. The van der Waals surface area contributed by atoms with E-state index in [1.807, 2.05) is 0 Å². The minimum Gasteiger partial charge on any atom is -0.207 e. The highest BCUT2D eigenvalue weighted by atomic mass is 32.2. The lowest BCUT2D eigenvalue weighted by atomic mass is 9.90. The maximum atomic E-state index is 11.9. The van der Waals surface area contributed by atoms with Crippen LogP contribution in [0.15, 0.2) is 0 Å². The van der Waals surface area contributed by atoms with E-state index in [0.717, 1.165) is 32.1 Å². The summed E-state index contributed by atoms with van der Waals surface area (Å²) in [6, 6.07) is 0. The molecule has 0 bridgehead atoms. The van der Waals surface area contributed by atoms with Gasteiger partial charge in [0, 0.05) is 6.54 Å². The van der Waals surface area contributed by atoms with Gasteiger partial charge in [-0.05, 0) is 18.8 Å². The van der Waals surface area contributed by atoms with E-state index in [9.17, 15) is 21.6 Å². The summed E-state index contributed by atoms with van der Waals surface area (Å²) in [4.78, 5) is 0. The summed E-state index contributed by atoms with van der Waals surface area (Å²) in [5.74, 6) is 0.0517. The molecule has 0 saturated heterocycles. The van der Waals surface area contributed by atoms with Crippen LogP contribution in [0.1, 0.15) is 32.1 Å². The van der Waals surface area contributed by atoms with Gasteiger partial charge in [-0.25, -0.2) is 13.1 Å². The number of rotatable bonds is 3. The first-order chi connectivity index (χ1) is 6.83. The predicted octanol–water partition coefficient (Wildman–Crippen LogP) is 2.01. The second kappa shape index (κ2) is 4.69. The van der Waals surface area contributed by atoms with Crippen molar-refractivity contribution in [3.63, 3.8) is 0 Å². The van der Waals surface area contributed by atoms with Crippen LogP contribution in [0.25, 0.3) is 0 Å². The highest BCUT2D eigenvalue weighted by molar-refractivity contribution is 7.90. The standard InChI is InChI=1S/C8H14F3NO2S/c9-8(10,11)15(13,14)12-6-7-4-2-1-3-5-7/h7,12H,1-6H2. The van der Waals surface area contributed by atoms with Crippen LogP contribution < -0.4 is 4.72 Å². The van der Waals surface area contributed by atoms with E-state index >= 15 is 0 Å². The maximum absolute atomic E-state index is 11.9. The molecule has 0 atom stereocenters. The summed E-state index contributed by atoms with van der Waals surface area (Å²) in [6.45, 7) is -0.0954. The quantitative estimate of drug-likeness (QED) is 0.826. The fourth-order valence-electron chi connectivity index (χ4n) is 1.70. The molecule has 1 rings (SSSR count). The zero-order valence-corrected chi connectivity index (χ0v) is 9.00. The molecule has 0 spiro atoms. The molecule has 7 heteroatoms. The molecular weight excluding hydrogens is 231 g/mol. The zero-order chi connectivity index (χ0) is 11.5. The smallest absolute Gasteiger partial charge is 0.207 e. The average molecular weight is 245 g/mol. The molecule has 0 aromatic heterocycles. The summed E-state index contributed by atoms with van der Waals surface area (Å²) >= 11 is 0. The van der Waals surface area contributed by atoms with Gasteiger partial charge in [-0.2, -0.15) is 13.2 Å². The monoisotopic (exact) mass is 245 g/mol. The minimum atomic E-state index is -5.19. The van der Waals surface area contributed by atoms with Crippen molar-refractivity contribution in [1.82, 2.24) is 4.72 Å². The summed E-state index contributed by atoms with van der Waals surface area (Å²) in [5, 5.41) is 0. The lowest BCUT2D eigenvalue weighted by Gasteiger charge is -2.21. The Morgan fingerprint density at radius 3 is 2.13 bits per heavy atom. The van der Waals surface area contributed by atoms with Crippen LogP contribution in [0.2, 0.25) is 0 Å². The molecule has 0 amide bonds. The third kappa shape index (κ3) is 3.64. The van der Waals surface area contributed by atoms with Gasteiger partial charge < -0.3 is 0 Å². The van der Waals surface area contributed by atoms with Gasteiger partial charge >= 0.3 is 15.5 Å². The van der Waals surface area contributed by atoms with E-state index in [-0.39, 0.29) is 12.5 Å². The second-order valence-corrected chi connectivity index (χ2v) is 5.56. The van der Waals surface area contributed by atoms with Crippen molar-refractivity contribution >= 4 is 10.0 Å². The van der Waals surface area contributed by atoms with E-state index in [0.29, 0.717) is 0 Å². The van der Waals surface area contributed by atoms with Gasteiger partial charge in [-0.15, -0.1) is 0 Å². The van der Waals surface area contributed by atoms with E-state index < -0.39 is 15.5 Å². The lowest BCUT2D eigenvalue weighted by Crippen LogP contribution is -2.39. The summed E-state index contributed by atoms with van der Waals surface area (Å²) in [7, 11) is -5.15. The van der Waals surface area contributed by atoms with Crippen molar-refractivity contribution in [2.75, 3.05) is 6.54 Å². The van der Waals surface area contributed by atoms with Gasteiger partial charge in [-0.3, -0.25) is 0 Å². The van der Waals surface area contributed by atoms with Gasteiger partial charge in [0.1, 0.15) is 0 Å². The van der Waals surface area contributed by atoms with Gasteiger partial charge in [0.2, 0.25) is 0 Å². The lowest BCUT2D eigenvalue weighted by molar-refractivity contribution is -0.0448. The Morgan fingerprint density at radius 1 is 1.13 bits per heavy atom. The van der Waals surface area contributed by atoms with Crippen LogP contribution >= 0.6 is 0 Å². The molecule has 1 saturated carbocycles. The largest absolute Gasteiger partial charge is 0.511 e.